The predicted octanol–water partition coefficient (Wildman–Crippen LogP) is 0.373. The Labute approximate surface area is 106 Å². The largest absolute Gasteiger partial charge is 0.409 e. The monoisotopic (exact) mass is 253 g/mol. The fraction of sp³-hybridized carbons (Fsp3) is 0.545. The van der Waals surface area contributed by atoms with Crippen LogP contribution < -0.4 is 11.1 Å². The maximum atomic E-state index is 12.0. The number of rotatable bonds is 4. The molecule has 0 aromatic carbocycles. The maximum Gasteiger partial charge on any atom is 0.272 e. The molecule has 0 aliphatic rings. The van der Waals surface area contributed by atoms with Gasteiger partial charge in [-0.2, -0.15) is 5.10 Å². The molecule has 1 unspecified atom stereocenters. The van der Waals surface area contributed by atoms with Gasteiger partial charge in [0.1, 0.15) is 5.69 Å². The number of amidine groups is 1. The van der Waals surface area contributed by atoms with Crippen LogP contribution in [0.25, 0.3) is 0 Å². The van der Waals surface area contributed by atoms with Crippen LogP contribution in [0.1, 0.15) is 36.5 Å². The first-order valence-electron chi connectivity index (χ1n) is 5.65. The smallest absolute Gasteiger partial charge is 0.272 e. The van der Waals surface area contributed by atoms with Gasteiger partial charge in [-0.15, -0.1) is 0 Å². The Bertz CT molecular complexity index is 460. The van der Waals surface area contributed by atoms with E-state index >= 15 is 0 Å². The quantitative estimate of drug-likeness (QED) is 0.312. The molecule has 0 radical (unpaired) electrons. The van der Waals surface area contributed by atoms with Crippen molar-refractivity contribution in [2.45, 2.75) is 32.7 Å². The summed E-state index contributed by atoms with van der Waals surface area (Å²) in [7, 11) is 1.76. The van der Waals surface area contributed by atoms with Crippen molar-refractivity contribution in [1.82, 2.24) is 15.1 Å². The van der Waals surface area contributed by atoms with E-state index < -0.39 is 5.54 Å². The molecule has 1 aromatic rings. The van der Waals surface area contributed by atoms with E-state index in [2.05, 4.69) is 15.6 Å². The Morgan fingerprint density at radius 1 is 1.72 bits per heavy atom. The van der Waals surface area contributed by atoms with Crippen molar-refractivity contribution in [2.24, 2.45) is 17.9 Å². The normalized spacial score (nSPS) is 15.2. The first kappa shape index (κ1) is 14.0. The first-order valence-corrected chi connectivity index (χ1v) is 5.65. The average Bonchev–Trinajstić information content (AvgIpc) is 2.68. The van der Waals surface area contributed by atoms with Crippen LogP contribution in [0, 0.1) is 6.92 Å². The Morgan fingerprint density at radius 3 is 2.72 bits per heavy atom. The molecule has 1 atom stereocenters. The molecule has 7 heteroatoms. The summed E-state index contributed by atoms with van der Waals surface area (Å²) in [5.74, 6) is -0.388. The molecule has 7 nitrogen and oxygen atoms in total. The second kappa shape index (κ2) is 5.07. The van der Waals surface area contributed by atoms with Crippen molar-refractivity contribution in [1.29, 1.82) is 0 Å². The lowest BCUT2D eigenvalue weighted by Crippen LogP contribution is -2.55. The second-order valence-corrected chi connectivity index (χ2v) is 4.42. The Hall–Kier alpha value is -2.05. The molecule has 4 N–H and O–H groups in total. The second-order valence-electron chi connectivity index (χ2n) is 4.42. The lowest BCUT2D eigenvalue weighted by molar-refractivity contribution is 0.0919. The number of nitrogens with two attached hydrogens (primary N) is 1. The summed E-state index contributed by atoms with van der Waals surface area (Å²) in [6.45, 7) is 5.38. The highest BCUT2D eigenvalue weighted by molar-refractivity contribution is 5.99. The van der Waals surface area contributed by atoms with Crippen molar-refractivity contribution in [3.63, 3.8) is 0 Å². The van der Waals surface area contributed by atoms with E-state index in [9.17, 15) is 4.79 Å². The summed E-state index contributed by atoms with van der Waals surface area (Å²) < 4.78 is 1.61. The number of carbonyl (C=O) groups excluding carboxylic acids is 1. The van der Waals surface area contributed by atoms with Crippen LogP contribution in [0.4, 0.5) is 0 Å². The van der Waals surface area contributed by atoms with Crippen molar-refractivity contribution in [2.75, 3.05) is 0 Å². The van der Waals surface area contributed by atoms with Crippen LogP contribution in [0.2, 0.25) is 0 Å². The van der Waals surface area contributed by atoms with Crippen molar-refractivity contribution in [3.05, 3.63) is 17.5 Å². The van der Waals surface area contributed by atoms with Gasteiger partial charge in [0.25, 0.3) is 5.91 Å². The number of carbonyl (C=O) groups is 1. The van der Waals surface area contributed by atoms with E-state index in [1.54, 1.807) is 24.7 Å². The predicted molar refractivity (Wildman–Crippen MR) is 67.5 cm³/mol. The van der Waals surface area contributed by atoms with Crippen LogP contribution in [0.3, 0.4) is 0 Å². The molecule has 0 aliphatic carbocycles. The van der Waals surface area contributed by atoms with Gasteiger partial charge in [0, 0.05) is 12.7 Å². The molecule has 1 amide bonds. The lowest BCUT2D eigenvalue weighted by atomic mass is 9.97. The minimum atomic E-state index is -0.892. The van der Waals surface area contributed by atoms with Gasteiger partial charge in [-0.3, -0.25) is 9.48 Å². The minimum Gasteiger partial charge on any atom is -0.409 e. The topological polar surface area (TPSA) is 106 Å². The number of hydrogen-bond acceptors (Lipinski definition) is 4. The molecule has 0 fully saturated rings. The van der Waals surface area contributed by atoms with Gasteiger partial charge >= 0.3 is 0 Å². The zero-order valence-electron chi connectivity index (χ0n) is 11.1. The van der Waals surface area contributed by atoms with Gasteiger partial charge in [0.2, 0.25) is 0 Å². The van der Waals surface area contributed by atoms with Gasteiger partial charge in [-0.1, -0.05) is 12.1 Å². The Morgan fingerprint density at radius 2 is 2.33 bits per heavy atom. The van der Waals surface area contributed by atoms with Crippen molar-refractivity contribution >= 4 is 11.7 Å². The maximum absolute atomic E-state index is 12.0. The molecule has 1 heterocycles. The van der Waals surface area contributed by atoms with Crippen LogP contribution in [-0.4, -0.2) is 32.3 Å². The zero-order chi connectivity index (χ0) is 13.9. The summed E-state index contributed by atoms with van der Waals surface area (Å²) in [5, 5.41) is 18.5. The third-order valence-corrected chi connectivity index (χ3v) is 3.12. The van der Waals surface area contributed by atoms with Gasteiger partial charge in [-0.25, -0.2) is 0 Å². The molecule has 0 saturated carbocycles. The molecule has 1 rings (SSSR count). The summed E-state index contributed by atoms with van der Waals surface area (Å²) in [6.07, 6.45) is 0.500. The fourth-order valence-electron chi connectivity index (χ4n) is 1.43. The molecule has 18 heavy (non-hydrogen) atoms. The number of oxime groups is 1. The SMILES string of the molecule is CCC(C)(NC(=O)c1cc(C)n(C)n1)/C(N)=N/O. The van der Waals surface area contributed by atoms with E-state index in [4.69, 9.17) is 10.9 Å². The van der Waals surface area contributed by atoms with E-state index in [1.165, 1.54) is 0 Å². The highest BCUT2D eigenvalue weighted by Gasteiger charge is 2.30. The summed E-state index contributed by atoms with van der Waals surface area (Å²) in [6, 6.07) is 1.68. The highest BCUT2D eigenvalue weighted by atomic mass is 16.4. The van der Waals surface area contributed by atoms with E-state index in [0.29, 0.717) is 12.1 Å². The Balaban J connectivity index is 2.93. The van der Waals surface area contributed by atoms with Crippen molar-refractivity contribution < 1.29 is 10.0 Å². The van der Waals surface area contributed by atoms with Crippen LogP contribution in [0.15, 0.2) is 11.2 Å². The standard InChI is InChI=1S/C11H19N5O2/c1-5-11(3,10(12)15-18)13-9(17)8-6-7(2)16(4)14-8/h6,18H,5H2,1-4H3,(H2,12,15)(H,13,17). The van der Waals surface area contributed by atoms with Gasteiger partial charge in [0.05, 0.1) is 5.54 Å². The highest BCUT2D eigenvalue weighted by Crippen LogP contribution is 2.11. The molecular weight excluding hydrogens is 234 g/mol. The minimum absolute atomic E-state index is 0.0361. The summed E-state index contributed by atoms with van der Waals surface area (Å²) >= 11 is 0. The third kappa shape index (κ3) is 2.61. The molecule has 0 saturated heterocycles. The molecule has 1 aromatic heterocycles. The first-order chi connectivity index (χ1) is 8.34. The number of hydrogen-bond donors (Lipinski definition) is 3. The molecule has 0 aliphatic heterocycles. The summed E-state index contributed by atoms with van der Waals surface area (Å²) in [5.41, 5.74) is 5.87. The third-order valence-electron chi connectivity index (χ3n) is 3.12. The zero-order valence-corrected chi connectivity index (χ0v) is 11.1. The van der Waals surface area contributed by atoms with E-state index in [0.717, 1.165) is 5.69 Å². The van der Waals surface area contributed by atoms with Crippen LogP contribution in [-0.2, 0) is 7.05 Å². The molecule has 0 bridgehead atoms. The Kier molecular flexibility index (Phi) is 3.95. The van der Waals surface area contributed by atoms with Gasteiger partial charge in [0.15, 0.2) is 5.84 Å². The van der Waals surface area contributed by atoms with Gasteiger partial charge < -0.3 is 16.3 Å². The summed E-state index contributed by atoms with van der Waals surface area (Å²) in [4.78, 5) is 12.0. The molecule has 0 spiro atoms. The van der Waals surface area contributed by atoms with E-state index in [-0.39, 0.29) is 11.7 Å². The number of nitrogens with one attached hydrogen (secondary N) is 1. The lowest BCUT2D eigenvalue weighted by Gasteiger charge is -2.27. The average molecular weight is 253 g/mol. The fourth-order valence-corrected chi connectivity index (χ4v) is 1.43. The van der Waals surface area contributed by atoms with Crippen molar-refractivity contribution in [3.8, 4) is 0 Å². The molecular formula is C11H19N5O2. The number of aromatic nitrogens is 2. The van der Waals surface area contributed by atoms with Crippen LogP contribution >= 0.6 is 0 Å². The van der Waals surface area contributed by atoms with Crippen LogP contribution in [0.5, 0.6) is 0 Å². The van der Waals surface area contributed by atoms with E-state index in [1.807, 2.05) is 13.8 Å². The number of amides is 1. The van der Waals surface area contributed by atoms with Gasteiger partial charge in [-0.05, 0) is 26.3 Å². The molecule has 100 valence electrons. The number of nitrogens with zero attached hydrogens (tertiary/aromatic N) is 3. The number of aryl methyl sites for hydroxylation is 2.